The Morgan fingerprint density at radius 2 is 2.04 bits per heavy atom. The number of para-hydroxylation sites is 1. The van der Waals surface area contributed by atoms with Crippen LogP contribution >= 0.6 is 0 Å². The van der Waals surface area contributed by atoms with Crippen LogP contribution in [-0.4, -0.2) is 24.4 Å². The average molecular weight is 327 g/mol. The molecule has 3 rings (SSSR count). The fraction of sp³-hybridized carbons (Fsp3) is 0.400. The Kier molecular flexibility index (Phi) is 4.78. The van der Waals surface area contributed by atoms with Crippen molar-refractivity contribution in [2.75, 3.05) is 13.7 Å². The highest BCUT2D eigenvalue weighted by atomic mass is 16.5. The van der Waals surface area contributed by atoms with E-state index in [1.807, 2.05) is 24.3 Å². The van der Waals surface area contributed by atoms with Gasteiger partial charge in [-0.3, -0.25) is 0 Å². The molecule has 0 amide bonds. The topological polar surface area (TPSA) is 50.7 Å². The van der Waals surface area contributed by atoms with Crippen LogP contribution < -0.4 is 14.8 Å². The molecule has 1 unspecified atom stereocenters. The first-order chi connectivity index (χ1) is 11.5. The molecule has 0 saturated heterocycles. The monoisotopic (exact) mass is 327 g/mol. The molecule has 2 N–H and O–H groups in total. The van der Waals surface area contributed by atoms with E-state index in [0.29, 0.717) is 13.1 Å². The molecule has 1 aliphatic rings. The lowest BCUT2D eigenvalue weighted by Gasteiger charge is -2.19. The van der Waals surface area contributed by atoms with E-state index < -0.39 is 6.10 Å². The summed E-state index contributed by atoms with van der Waals surface area (Å²) >= 11 is 0. The molecule has 0 spiro atoms. The third-order valence-electron chi connectivity index (χ3n) is 4.30. The normalized spacial score (nSPS) is 16.3. The Labute approximate surface area is 143 Å². The first-order valence-electron chi connectivity index (χ1n) is 8.31. The van der Waals surface area contributed by atoms with Gasteiger partial charge in [-0.05, 0) is 37.1 Å². The van der Waals surface area contributed by atoms with Crippen molar-refractivity contribution in [2.45, 2.75) is 38.5 Å². The maximum absolute atomic E-state index is 10.3. The Bertz CT molecular complexity index is 712. The van der Waals surface area contributed by atoms with Crippen LogP contribution in [0.2, 0.25) is 0 Å². The van der Waals surface area contributed by atoms with Gasteiger partial charge in [0.25, 0.3) is 0 Å². The number of rotatable bonds is 6. The van der Waals surface area contributed by atoms with Gasteiger partial charge in [-0.1, -0.05) is 30.3 Å². The lowest BCUT2D eigenvalue weighted by Crippen LogP contribution is -2.25. The highest BCUT2D eigenvalue weighted by Gasteiger charge is 2.31. The van der Waals surface area contributed by atoms with Crippen LogP contribution in [0.5, 0.6) is 11.5 Å². The summed E-state index contributed by atoms with van der Waals surface area (Å²) in [7, 11) is 1.63. The summed E-state index contributed by atoms with van der Waals surface area (Å²) in [5.74, 6) is 1.74. The third-order valence-corrected chi connectivity index (χ3v) is 4.30. The molecule has 4 nitrogen and oxygen atoms in total. The predicted molar refractivity (Wildman–Crippen MR) is 94.5 cm³/mol. The number of aliphatic hydroxyl groups is 1. The molecule has 1 aliphatic heterocycles. The zero-order valence-electron chi connectivity index (χ0n) is 14.5. The second-order valence-corrected chi connectivity index (χ2v) is 6.87. The fourth-order valence-electron chi connectivity index (χ4n) is 3.13. The molecule has 0 aromatic heterocycles. The maximum Gasteiger partial charge on any atom is 0.127 e. The number of benzene rings is 2. The molecule has 24 heavy (non-hydrogen) atoms. The Hall–Kier alpha value is -2.04. The van der Waals surface area contributed by atoms with Gasteiger partial charge in [-0.2, -0.15) is 0 Å². The van der Waals surface area contributed by atoms with Gasteiger partial charge >= 0.3 is 0 Å². The number of fused-ring (bicyclic) bond motifs is 1. The number of hydrogen-bond acceptors (Lipinski definition) is 4. The van der Waals surface area contributed by atoms with Gasteiger partial charge in [0, 0.05) is 25.1 Å². The second-order valence-electron chi connectivity index (χ2n) is 6.87. The van der Waals surface area contributed by atoms with E-state index in [0.717, 1.165) is 29.0 Å². The fourth-order valence-corrected chi connectivity index (χ4v) is 3.13. The van der Waals surface area contributed by atoms with E-state index >= 15 is 0 Å². The van der Waals surface area contributed by atoms with E-state index in [1.165, 1.54) is 5.56 Å². The smallest absolute Gasteiger partial charge is 0.127 e. The van der Waals surface area contributed by atoms with Crippen molar-refractivity contribution < 1.29 is 14.6 Å². The van der Waals surface area contributed by atoms with Crippen LogP contribution in [0.15, 0.2) is 42.5 Å². The molecule has 0 radical (unpaired) electrons. The summed E-state index contributed by atoms with van der Waals surface area (Å²) in [5, 5.41) is 13.7. The summed E-state index contributed by atoms with van der Waals surface area (Å²) in [6.45, 7) is 5.36. The summed E-state index contributed by atoms with van der Waals surface area (Å²) in [5.41, 5.74) is 3.10. The minimum absolute atomic E-state index is 0.140. The standard InChI is InChI=1S/C20H25NO3/c1-20(2)11-15-7-4-8-16(19(15)24-20)12-21-13-18(22)14-6-5-9-17(10-14)23-3/h4-10,18,21-22H,11-13H2,1-3H3. The van der Waals surface area contributed by atoms with Gasteiger partial charge in [-0.15, -0.1) is 0 Å². The first kappa shape index (κ1) is 16.8. The quantitative estimate of drug-likeness (QED) is 0.855. The molecular weight excluding hydrogens is 302 g/mol. The molecule has 1 atom stereocenters. The van der Waals surface area contributed by atoms with Crippen molar-refractivity contribution >= 4 is 0 Å². The highest BCUT2D eigenvalue weighted by molar-refractivity contribution is 5.45. The van der Waals surface area contributed by atoms with Crippen molar-refractivity contribution in [3.63, 3.8) is 0 Å². The van der Waals surface area contributed by atoms with Crippen molar-refractivity contribution in [1.82, 2.24) is 5.32 Å². The zero-order chi connectivity index (χ0) is 17.2. The van der Waals surface area contributed by atoms with Crippen LogP contribution in [0, 0.1) is 0 Å². The van der Waals surface area contributed by atoms with Gasteiger partial charge < -0.3 is 19.9 Å². The minimum atomic E-state index is -0.575. The van der Waals surface area contributed by atoms with E-state index in [4.69, 9.17) is 9.47 Å². The van der Waals surface area contributed by atoms with Gasteiger partial charge in [0.2, 0.25) is 0 Å². The average Bonchev–Trinajstić information content (AvgIpc) is 2.89. The summed E-state index contributed by atoms with van der Waals surface area (Å²) in [4.78, 5) is 0. The van der Waals surface area contributed by atoms with Gasteiger partial charge in [0.05, 0.1) is 13.2 Å². The second kappa shape index (κ2) is 6.83. The predicted octanol–water partition coefficient (Wildman–Crippen LogP) is 3.23. The molecule has 0 aliphatic carbocycles. The molecule has 1 heterocycles. The molecule has 0 fully saturated rings. The third kappa shape index (κ3) is 3.71. The number of methoxy groups -OCH3 is 1. The van der Waals surface area contributed by atoms with Crippen LogP contribution in [0.4, 0.5) is 0 Å². The van der Waals surface area contributed by atoms with Crippen LogP contribution in [-0.2, 0) is 13.0 Å². The largest absolute Gasteiger partial charge is 0.497 e. The number of nitrogens with one attached hydrogen (secondary N) is 1. The molecule has 0 bridgehead atoms. The molecule has 4 heteroatoms. The summed E-state index contributed by atoms with van der Waals surface area (Å²) in [6.07, 6.45) is 0.358. The van der Waals surface area contributed by atoms with Crippen LogP contribution in [0.3, 0.4) is 0 Å². The summed E-state index contributed by atoms with van der Waals surface area (Å²) in [6, 6.07) is 13.8. The van der Waals surface area contributed by atoms with E-state index in [1.54, 1.807) is 7.11 Å². The Balaban J connectivity index is 1.60. The molecular formula is C20H25NO3. The lowest BCUT2D eigenvalue weighted by atomic mass is 10.0. The van der Waals surface area contributed by atoms with Gasteiger partial charge in [0.1, 0.15) is 17.1 Å². The number of aliphatic hydroxyl groups excluding tert-OH is 1. The van der Waals surface area contributed by atoms with E-state index in [-0.39, 0.29) is 5.60 Å². The maximum atomic E-state index is 10.3. The Morgan fingerprint density at radius 3 is 2.83 bits per heavy atom. The highest BCUT2D eigenvalue weighted by Crippen LogP contribution is 2.37. The van der Waals surface area contributed by atoms with Crippen LogP contribution in [0.1, 0.15) is 36.6 Å². The number of ether oxygens (including phenoxy) is 2. The van der Waals surface area contributed by atoms with E-state index in [9.17, 15) is 5.11 Å². The van der Waals surface area contributed by atoms with Crippen molar-refractivity contribution in [3.05, 3.63) is 59.2 Å². The lowest BCUT2D eigenvalue weighted by molar-refractivity contribution is 0.136. The zero-order valence-corrected chi connectivity index (χ0v) is 14.5. The molecule has 2 aromatic rings. The minimum Gasteiger partial charge on any atom is -0.497 e. The van der Waals surface area contributed by atoms with Crippen molar-refractivity contribution in [1.29, 1.82) is 0 Å². The van der Waals surface area contributed by atoms with E-state index in [2.05, 4.69) is 37.4 Å². The first-order valence-corrected chi connectivity index (χ1v) is 8.31. The van der Waals surface area contributed by atoms with Crippen molar-refractivity contribution in [2.24, 2.45) is 0 Å². The molecule has 0 saturated carbocycles. The molecule has 2 aromatic carbocycles. The van der Waals surface area contributed by atoms with Crippen LogP contribution in [0.25, 0.3) is 0 Å². The van der Waals surface area contributed by atoms with Gasteiger partial charge in [-0.25, -0.2) is 0 Å². The van der Waals surface area contributed by atoms with Crippen molar-refractivity contribution in [3.8, 4) is 11.5 Å². The summed E-state index contributed by atoms with van der Waals surface area (Å²) < 4.78 is 11.3. The molecule has 128 valence electrons. The van der Waals surface area contributed by atoms with Gasteiger partial charge in [0.15, 0.2) is 0 Å². The number of hydrogen-bond donors (Lipinski definition) is 2. The SMILES string of the molecule is COc1cccc(C(O)CNCc2cccc3c2OC(C)(C)C3)c1. The Morgan fingerprint density at radius 1 is 1.25 bits per heavy atom.